The smallest absolute Gasteiger partial charge is 0.258 e. The van der Waals surface area contributed by atoms with Crippen molar-refractivity contribution < 1.29 is 14.0 Å². The van der Waals surface area contributed by atoms with E-state index in [1.54, 1.807) is 36.0 Å². The average molecular weight is 406 g/mol. The molecule has 4 rings (SSSR count). The van der Waals surface area contributed by atoms with Crippen LogP contribution >= 0.6 is 11.8 Å². The zero-order valence-electron chi connectivity index (χ0n) is 15.8. The normalized spacial score (nSPS) is 16.1. The predicted molar refractivity (Wildman–Crippen MR) is 115 cm³/mol. The maximum absolute atomic E-state index is 13.8. The Morgan fingerprint density at radius 1 is 1.07 bits per heavy atom. The molecule has 0 aromatic heterocycles. The van der Waals surface area contributed by atoms with Crippen LogP contribution in [0.25, 0.3) is 0 Å². The fraction of sp³-hybridized carbons (Fsp3) is 0.130. The second-order valence-electron chi connectivity index (χ2n) is 6.82. The largest absolute Gasteiger partial charge is 0.322 e. The van der Waals surface area contributed by atoms with Crippen LogP contribution in [0, 0.1) is 12.7 Å². The first-order valence-electron chi connectivity index (χ1n) is 9.19. The Morgan fingerprint density at radius 3 is 2.55 bits per heavy atom. The van der Waals surface area contributed by atoms with Gasteiger partial charge in [-0.2, -0.15) is 0 Å². The Bertz CT molecular complexity index is 1070. The SMILES string of the molecule is Cc1cccc(N2C(=O)CS[C@H]2c2ccc(NC(=O)c3ccccc3F)cc2)c1. The molecule has 4 nitrogen and oxygen atoms in total. The van der Waals surface area contributed by atoms with E-state index in [-0.39, 0.29) is 16.8 Å². The number of halogens is 1. The molecule has 1 fully saturated rings. The summed E-state index contributed by atoms with van der Waals surface area (Å²) in [5, 5.41) is 2.59. The molecule has 1 heterocycles. The summed E-state index contributed by atoms with van der Waals surface area (Å²) >= 11 is 1.57. The number of benzene rings is 3. The minimum Gasteiger partial charge on any atom is -0.322 e. The molecule has 0 radical (unpaired) electrons. The molecule has 1 N–H and O–H groups in total. The zero-order chi connectivity index (χ0) is 20.4. The summed E-state index contributed by atoms with van der Waals surface area (Å²) in [4.78, 5) is 26.6. The van der Waals surface area contributed by atoms with Crippen molar-refractivity contribution in [3.63, 3.8) is 0 Å². The average Bonchev–Trinajstić information content (AvgIpc) is 3.10. The third-order valence-corrected chi connectivity index (χ3v) is 5.93. The van der Waals surface area contributed by atoms with E-state index in [4.69, 9.17) is 0 Å². The molecule has 29 heavy (non-hydrogen) atoms. The Kier molecular flexibility index (Phi) is 5.36. The summed E-state index contributed by atoms with van der Waals surface area (Å²) in [7, 11) is 0. The zero-order valence-corrected chi connectivity index (χ0v) is 16.6. The highest BCUT2D eigenvalue weighted by atomic mass is 32.2. The summed E-state index contributed by atoms with van der Waals surface area (Å²) in [5.74, 6) is -0.564. The first kappa shape index (κ1) is 19.2. The Balaban J connectivity index is 1.53. The lowest BCUT2D eigenvalue weighted by atomic mass is 10.1. The monoisotopic (exact) mass is 406 g/mol. The molecule has 0 saturated carbocycles. The van der Waals surface area contributed by atoms with Gasteiger partial charge in [0.2, 0.25) is 5.91 Å². The van der Waals surface area contributed by atoms with Gasteiger partial charge >= 0.3 is 0 Å². The fourth-order valence-corrected chi connectivity index (χ4v) is 4.48. The van der Waals surface area contributed by atoms with Crippen LogP contribution in [-0.4, -0.2) is 17.6 Å². The molecule has 0 unspecified atom stereocenters. The van der Waals surface area contributed by atoms with Crippen molar-refractivity contribution in [2.45, 2.75) is 12.3 Å². The molecule has 6 heteroatoms. The summed E-state index contributed by atoms with van der Waals surface area (Å²) < 4.78 is 13.8. The van der Waals surface area contributed by atoms with Crippen LogP contribution in [-0.2, 0) is 4.79 Å². The molecule has 0 spiro atoms. The van der Waals surface area contributed by atoms with E-state index in [1.165, 1.54) is 12.1 Å². The van der Waals surface area contributed by atoms with E-state index in [9.17, 15) is 14.0 Å². The highest BCUT2D eigenvalue weighted by molar-refractivity contribution is 8.00. The molecule has 1 saturated heterocycles. The molecule has 1 aliphatic rings. The molecule has 1 aliphatic heterocycles. The number of carbonyl (C=O) groups is 2. The van der Waals surface area contributed by atoms with Gasteiger partial charge in [-0.15, -0.1) is 11.8 Å². The maximum Gasteiger partial charge on any atom is 0.258 e. The van der Waals surface area contributed by atoms with Crippen molar-refractivity contribution in [2.75, 3.05) is 16.0 Å². The Hall–Kier alpha value is -3.12. The van der Waals surface area contributed by atoms with Gasteiger partial charge in [-0.3, -0.25) is 14.5 Å². The number of nitrogens with one attached hydrogen (secondary N) is 1. The quantitative estimate of drug-likeness (QED) is 0.651. The standard InChI is InChI=1S/C23H19FN2O2S/c1-15-5-4-6-18(13-15)26-21(27)14-29-23(26)16-9-11-17(12-10-16)25-22(28)19-7-2-3-8-20(19)24/h2-13,23H,14H2,1H3,(H,25,28)/t23-/m0/s1. The predicted octanol–water partition coefficient (Wildman–Crippen LogP) is 5.17. The van der Waals surface area contributed by atoms with Crippen molar-refractivity contribution in [2.24, 2.45) is 0 Å². The lowest BCUT2D eigenvalue weighted by Crippen LogP contribution is -2.27. The fourth-order valence-electron chi connectivity index (χ4n) is 3.30. The van der Waals surface area contributed by atoms with Gasteiger partial charge in [0, 0.05) is 11.4 Å². The molecule has 0 aliphatic carbocycles. The third kappa shape index (κ3) is 4.03. The van der Waals surface area contributed by atoms with Crippen LogP contribution in [0.15, 0.2) is 72.8 Å². The number of anilines is 2. The van der Waals surface area contributed by atoms with Crippen LogP contribution in [0.4, 0.5) is 15.8 Å². The molecule has 3 aromatic rings. The Morgan fingerprint density at radius 2 is 1.83 bits per heavy atom. The third-order valence-electron chi connectivity index (χ3n) is 4.72. The molecule has 0 bridgehead atoms. The van der Waals surface area contributed by atoms with E-state index in [2.05, 4.69) is 5.32 Å². The Labute approximate surface area is 172 Å². The number of amides is 2. The van der Waals surface area contributed by atoms with E-state index < -0.39 is 11.7 Å². The summed E-state index contributed by atoms with van der Waals surface area (Å²) in [6.07, 6.45) is 0. The van der Waals surface area contributed by atoms with E-state index in [0.29, 0.717) is 11.4 Å². The van der Waals surface area contributed by atoms with E-state index in [1.807, 2.05) is 48.2 Å². The van der Waals surface area contributed by atoms with Crippen LogP contribution < -0.4 is 10.2 Å². The van der Waals surface area contributed by atoms with Gasteiger partial charge in [-0.25, -0.2) is 4.39 Å². The van der Waals surface area contributed by atoms with Crippen molar-refractivity contribution in [3.05, 3.63) is 95.3 Å². The van der Waals surface area contributed by atoms with Crippen LogP contribution in [0.2, 0.25) is 0 Å². The summed E-state index contributed by atoms with van der Waals surface area (Å²) in [6, 6.07) is 21.1. The second-order valence-corrected chi connectivity index (χ2v) is 7.89. The van der Waals surface area contributed by atoms with E-state index >= 15 is 0 Å². The molecular formula is C23H19FN2O2S. The first-order valence-corrected chi connectivity index (χ1v) is 10.2. The van der Waals surface area contributed by atoms with Crippen molar-refractivity contribution >= 4 is 35.0 Å². The summed E-state index contributed by atoms with van der Waals surface area (Å²) in [6.45, 7) is 2.00. The van der Waals surface area contributed by atoms with Gasteiger partial charge in [-0.05, 0) is 54.4 Å². The second kappa shape index (κ2) is 8.09. The van der Waals surface area contributed by atoms with E-state index in [0.717, 1.165) is 16.8 Å². The van der Waals surface area contributed by atoms with Gasteiger partial charge in [0.05, 0.1) is 11.3 Å². The minimum atomic E-state index is -0.559. The van der Waals surface area contributed by atoms with Crippen molar-refractivity contribution in [1.82, 2.24) is 0 Å². The maximum atomic E-state index is 13.8. The summed E-state index contributed by atoms with van der Waals surface area (Å²) in [5.41, 5.74) is 3.50. The lowest BCUT2D eigenvalue weighted by molar-refractivity contribution is -0.115. The van der Waals surface area contributed by atoms with Crippen LogP contribution in [0.5, 0.6) is 0 Å². The highest BCUT2D eigenvalue weighted by Gasteiger charge is 2.34. The molecular weight excluding hydrogens is 387 g/mol. The number of thioether (sulfide) groups is 1. The van der Waals surface area contributed by atoms with Crippen LogP contribution in [0.1, 0.15) is 26.9 Å². The molecule has 2 amide bonds. The van der Waals surface area contributed by atoms with Gasteiger partial charge in [0.1, 0.15) is 11.2 Å². The molecule has 146 valence electrons. The molecule has 3 aromatic carbocycles. The number of hydrogen-bond acceptors (Lipinski definition) is 3. The van der Waals surface area contributed by atoms with Gasteiger partial charge in [-0.1, -0.05) is 36.4 Å². The van der Waals surface area contributed by atoms with Gasteiger partial charge in [0.25, 0.3) is 5.91 Å². The van der Waals surface area contributed by atoms with Crippen LogP contribution in [0.3, 0.4) is 0 Å². The highest BCUT2D eigenvalue weighted by Crippen LogP contribution is 2.42. The van der Waals surface area contributed by atoms with Gasteiger partial charge < -0.3 is 5.32 Å². The number of aryl methyl sites for hydroxylation is 1. The number of rotatable bonds is 4. The number of nitrogens with zero attached hydrogens (tertiary/aromatic N) is 1. The number of hydrogen-bond donors (Lipinski definition) is 1. The van der Waals surface area contributed by atoms with Gasteiger partial charge in [0.15, 0.2) is 0 Å². The minimum absolute atomic E-state index is 0.000792. The topological polar surface area (TPSA) is 49.4 Å². The first-order chi connectivity index (χ1) is 14.0. The number of carbonyl (C=O) groups excluding carboxylic acids is 2. The van der Waals surface area contributed by atoms with Crippen molar-refractivity contribution in [1.29, 1.82) is 0 Å². The molecule has 1 atom stereocenters. The van der Waals surface area contributed by atoms with Crippen molar-refractivity contribution in [3.8, 4) is 0 Å². The lowest BCUT2D eigenvalue weighted by Gasteiger charge is -2.25.